The van der Waals surface area contributed by atoms with Gasteiger partial charge in [-0.2, -0.15) is 0 Å². The largest absolute Gasteiger partial charge is 0.223 e. The monoisotopic (exact) mass is 350 g/mol. The zero-order chi connectivity index (χ0) is 16.9. The van der Waals surface area contributed by atoms with E-state index in [-0.39, 0.29) is 16.2 Å². The van der Waals surface area contributed by atoms with E-state index in [4.69, 9.17) is 0 Å². The van der Waals surface area contributed by atoms with Crippen LogP contribution in [0.3, 0.4) is 0 Å². The Morgan fingerprint density at radius 1 is 0.652 bits per heavy atom. The summed E-state index contributed by atoms with van der Waals surface area (Å²) < 4.78 is 49.1. The van der Waals surface area contributed by atoms with Crippen LogP contribution in [0.5, 0.6) is 0 Å². The fourth-order valence-electron chi connectivity index (χ4n) is 3.08. The van der Waals surface area contributed by atoms with Crippen LogP contribution in [-0.2, 0) is 19.7 Å². The smallest absolute Gasteiger partial charge is 0.185 e. The molecule has 2 aromatic carbocycles. The summed E-state index contributed by atoms with van der Waals surface area (Å²) in [6.07, 6.45) is 0.0917. The highest BCUT2D eigenvalue weighted by molar-refractivity contribution is 7.98. The first-order valence-electron chi connectivity index (χ1n) is 7.26. The van der Waals surface area contributed by atoms with E-state index in [9.17, 15) is 16.8 Å². The second kappa shape index (κ2) is 4.92. The third-order valence-corrected chi connectivity index (χ3v) is 10.4. The summed E-state index contributed by atoms with van der Waals surface area (Å²) in [6, 6.07) is 16.1. The van der Waals surface area contributed by atoms with Gasteiger partial charge in [-0.1, -0.05) is 36.4 Å². The molecular formula is C17H18O4S2. The molecule has 0 unspecified atom stereocenters. The van der Waals surface area contributed by atoms with Gasteiger partial charge in [0.25, 0.3) is 0 Å². The molecule has 0 bridgehead atoms. The van der Waals surface area contributed by atoms with Crippen molar-refractivity contribution in [2.75, 3.05) is 0 Å². The van der Waals surface area contributed by atoms with Crippen molar-refractivity contribution in [1.82, 2.24) is 0 Å². The van der Waals surface area contributed by atoms with E-state index in [1.807, 2.05) is 0 Å². The lowest BCUT2D eigenvalue weighted by molar-refractivity contribution is 0.562. The number of rotatable bonds is 4. The van der Waals surface area contributed by atoms with Gasteiger partial charge in [-0.3, -0.25) is 0 Å². The molecule has 2 atom stereocenters. The molecule has 0 spiro atoms. The summed E-state index contributed by atoms with van der Waals surface area (Å²) in [5.74, 6) is 0. The van der Waals surface area contributed by atoms with Crippen LogP contribution in [0.1, 0.15) is 20.3 Å². The summed E-state index contributed by atoms with van der Waals surface area (Å²) >= 11 is 0. The molecule has 0 aliphatic heterocycles. The predicted molar refractivity (Wildman–Crippen MR) is 88.7 cm³/mol. The SMILES string of the molecule is C[C@@]1(S(=O)(=O)c2ccccc2)C[C@@]1(C)S(=O)(=O)c1ccccc1. The van der Waals surface area contributed by atoms with Crippen LogP contribution in [0.2, 0.25) is 0 Å². The maximum Gasteiger partial charge on any atom is 0.185 e. The minimum atomic E-state index is -3.74. The first-order chi connectivity index (χ1) is 10.7. The molecule has 0 heterocycles. The molecule has 1 saturated carbocycles. The molecule has 1 aliphatic rings. The van der Waals surface area contributed by atoms with E-state index in [1.165, 1.54) is 38.1 Å². The van der Waals surface area contributed by atoms with E-state index in [0.717, 1.165) is 0 Å². The number of sulfone groups is 2. The van der Waals surface area contributed by atoms with Crippen molar-refractivity contribution >= 4 is 19.7 Å². The van der Waals surface area contributed by atoms with Crippen molar-refractivity contribution < 1.29 is 16.8 Å². The van der Waals surface area contributed by atoms with Gasteiger partial charge in [-0.15, -0.1) is 0 Å². The number of hydrogen-bond acceptors (Lipinski definition) is 4. The summed E-state index contributed by atoms with van der Waals surface area (Å²) in [5, 5.41) is 0. The molecule has 122 valence electrons. The lowest BCUT2D eigenvalue weighted by atomic mass is 10.3. The van der Waals surface area contributed by atoms with Gasteiger partial charge in [0.1, 0.15) is 0 Å². The Bertz CT molecular complexity index is 855. The normalized spacial score (nSPS) is 27.6. The zero-order valence-electron chi connectivity index (χ0n) is 12.9. The molecule has 4 nitrogen and oxygen atoms in total. The van der Waals surface area contributed by atoms with E-state index in [2.05, 4.69) is 0 Å². The van der Waals surface area contributed by atoms with Crippen LogP contribution in [0.25, 0.3) is 0 Å². The second-order valence-corrected chi connectivity index (χ2v) is 11.0. The molecule has 0 aromatic heterocycles. The molecule has 0 saturated heterocycles. The van der Waals surface area contributed by atoms with Gasteiger partial charge in [0.05, 0.1) is 19.3 Å². The van der Waals surface area contributed by atoms with Crippen molar-refractivity contribution in [2.45, 2.75) is 39.6 Å². The molecule has 23 heavy (non-hydrogen) atoms. The van der Waals surface area contributed by atoms with Crippen molar-refractivity contribution in [1.29, 1.82) is 0 Å². The van der Waals surface area contributed by atoms with Crippen molar-refractivity contribution in [3.05, 3.63) is 60.7 Å². The first kappa shape index (κ1) is 16.2. The standard InChI is InChI=1S/C17H18O4S2/c1-16(22(18,19)14-9-5-3-6-10-14)13-17(16,2)23(20,21)15-11-7-4-8-12-15/h3-12H,13H2,1-2H3/t16-,17-/m1/s1. The van der Waals surface area contributed by atoms with Gasteiger partial charge in [0.15, 0.2) is 19.7 Å². The highest BCUT2D eigenvalue weighted by Crippen LogP contribution is 2.61. The third kappa shape index (κ3) is 2.08. The summed E-state index contributed by atoms with van der Waals surface area (Å²) in [5.41, 5.74) is 0. The molecular weight excluding hydrogens is 332 g/mol. The highest BCUT2D eigenvalue weighted by Gasteiger charge is 2.75. The Kier molecular flexibility index (Phi) is 3.46. The minimum absolute atomic E-state index is 0.0917. The van der Waals surface area contributed by atoms with E-state index < -0.39 is 29.2 Å². The van der Waals surface area contributed by atoms with E-state index in [0.29, 0.717) is 0 Å². The quantitative estimate of drug-likeness (QED) is 0.850. The van der Waals surface area contributed by atoms with Gasteiger partial charge in [-0.05, 0) is 44.5 Å². The summed E-state index contributed by atoms with van der Waals surface area (Å²) in [4.78, 5) is 0.323. The number of benzene rings is 2. The van der Waals surface area contributed by atoms with Crippen LogP contribution in [-0.4, -0.2) is 26.3 Å². The molecule has 0 radical (unpaired) electrons. The van der Waals surface area contributed by atoms with Crippen molar-refractivity contribution in [3.63, 3.8) is 0 Å². The Morgan fingerprint density at radius 2 is 0.957 bits per heavy atom. The molecule has 0 N–H and O–H groups in total. The third-order valence-electron chi connectivity index (χ3n) is 4.96. The van der Waals surface area contributed by atoms with Gasteiger partial charge < -0.3 is 0 Å². The topological polar surface area (TPSA) is 68.3 Å². The average molecular weight is 350 g/mol. The van der Waals surface area contributed by atoms with E-state index >= 15 is 0 Å². The fraction of sp³-hybridized carbons (Fsp3) is 0.294. The maximum atomic E-state index is 12.9. The van der Waals surface area contributed by atoms with Crippen LogP contribution in [0.15, 0.2) is 70.5 Å². The van der Waals surface area contributed by atoms with Gasteiger partial charge in [0.2, 0.25) is 0 Å². The Hall–Kier alpha value is -1.66. The lowest BCUT2D eigenvalue weighted by Crippen LogP contribution is -2.35. The lowest BCUT2D eigenvalue weighted by Gasteiger charge is -2.20. The fourth-order valence-corrected chi connectivity index (χ4v) is 7.99. The number of hydrogen-bond donors (Lipinski definition) is 0. The molecule has 1 fully saturated rings. The summed E-state index contributed by atoms with van der Waals surface area (Å²) in [6.45, 7) is 3.05. The first-order valence-corrected chi connectivity index (χ1v) is 10.2. The Morgan fingerprint density at radius 3 is 1.26 bits per heavy atom. The van der Waals surface area contributed by atoms with Crippen LogP contribution in [0.4, 0.5) is 0 Å². The molecule has 3 rings (SSSR count). The van der Waals surface area contributed by atoms with Crippen molar-refractivity contribution in [2.24, 2.45) is 0 Å². The van der Waals surface area contributed by atoms with E-state index in [1.54, 1.807) is 36.4 Å². The van der Waals surface area contributed by atoms with Crippen LogP contribution in [0, 0.1) is 0 Å². The molecule has 1 aliphatic carbocycles. The van der Waals surface area contributed by atoms with Crippen LogP contribution >= 0.6 is 0 Å². The zero-order valence-corrected chi connectivity index (χ0v) is 14.6. The minimum Gasteiger partial charge on any atom is -0.223 e. The average Bonchev–Trinajstić information content (AvgIpc) is 3.15. The second-order valence-electron chi connectivity index (χ2n) is 6.27. The maximum absolute atomic E-state index is 12.9. The molecule has 0 amide bonds. The van der Waals surface area contributed by atoms with Crippen molar-refractivity contribution in [3.8, 4) is 0 Å². The molecule has 2 aromatic rings. The van der Waals surface area contributed by atoms with Crippen LogP contribution < -0.4 is 0 Å². The summed E-state index contributed by atoms with van der Waals surface area (Å²) in [7, 11) is -7.49. The van der Waals surface area contributed by atoms with Gasteiger partial charge in [0, 0.05) is 0 Å². The Labute approximate surface area is 137 Å². The predicted octanol–water partition coefficient (Wildman–Crippen LogP) is 2.86. The Balaban J connectivity index is 2.08. The highest BCUT2D eigenvalue weighted by atomic mass is 32.2. The molecule has 6 heteroatoms. The van der Waals surface area contributed by atoms with Gasteiger partial charge >= 0.3 is 0 Å². The van der Waals surface area contributed by atoms with Gasteiger partial charge in [-0.25, -0.2) is 16.8 Å².